The third-order valence-electron chi connectivity index (χ3n) is 4.92. The topological polar surface area (TPSA) is 0 Å². The second-order valence-corrected chi connectivity index (χ2v) is 6.59. The van der Waals surface area contributed by atoms with E-state index in [0.717, 1.165) is 23.1 Å². The molecule has 3 rings (SSSR count). The molecule has 1 aliphatic heterocycles. The number of likely N-dealkylation sites (tertiary alicyclic amines) is 1. The van der Waals surface area contributed by atoms with Gasteiger partial charge in [-0.2, -0.15) is 0 Å². The summed E-state index contributed by atoms with van der Waals surface area (Å²) in [4.78, 5) is 0. The molecule has 0 aromatic heterocycles. The summed E-state index contributed by atoms with van der Waals surface area (Å²) < 4.78 is 1.14. The predicted octanol–water partition coefficient (Wildman–Crippen LogP) is 4.77. The monoisotopic (exact) mass is 304 g/mol. The Morgan fingerprint density at radius 3 is 2.61 bits per heavy atom. The minimum absolute atomic E-state index is 0.966. The summed E-state index contributed by atoms with van der Waals surface area (Å²) in [6.07, 6.45) is 8.55. The summed E-state index contributed by atoms with van der Waals surface area (Å²) in [6, 6.07) is 14.9. The maximum absolute atomic E-state index is 3.50. The number of piperidine rings is 1. The molecule has 1 fully saturated rings. The lowest BCUT2D eigenvalue weighted by Crippen LogP contribution is -2.51. The lowest BCUT2D eigenvalue weighted by atomic mass is 10.0. The molecule has 0 atom stereocenters. The minimum atomic E-state index is 0.966. The number of hydrogen-bond donors (Lipinski definition) is 0. The van der Waals surface area contributed by atoms with E-state index >= 15 is 0 Å². The van der Waals surface area contributed by atoms with E-state index in [4.69, 9.17) is 0 Å². The fourth-order valence-electron chi connectivity index (χ4n) is 3.55. The summed E-state index contributed by atoms with van der Waals surface area (Å²) in [5, 5.41) is 2.54. The van der Waals surface area contributed by atoms with Crippen LogP contribution in [0.25, 0.3) is 10.8 Å². The minimum Gasteiger partial charge on any atom is -0.310 e. The molecule has 0 aliphatic carbocycles. The van der Waals surface area contributed by atoms with Crippen molar-refractivity contribution in [3.63, 3.8) is 0 Å². The van der Waals surface area contributed by atoms with Gasteiger partial charge in [-0.05, 0) is 55.0 Å². The molecular formula is C22H26N+. The zero-order valence-electron chi connectivity index (χ0n) is 14.1. The van der Waals surface area contributed by atoms with Crippen LogP contribution in [0.2, 0.25) is 0 Å². The van der Waals surface area contributed by atoms with Gasteiger partial charge in [-0.1, -0.05) is 48.4 Å². The number of rotatable bonds is 3. The molecule has 0 unspecified atom stereocenters. The molecule has 1 nitrogen and oxygen atoms in total. The van der Waals surface area contributed by atoms with Crippen LogP contribution >= 0.6 is 0 Å². The number of allylic oxidation sites excluding steroid dienone is 1. The van der Waals surface area contributed by atoms with Crippen LogP contribution in [0.4, 0.5) is 0 Å². The third kappa shape index (κ3) is 3.84. The first-order chi connectivity index (χ1) is 11.3. The van der Waals surface area contributed by atoms with Crippen LogP contribution in [-0.2, 0) is 0 Å². The molecule has 0 radical (unpaired) electrons. The van der Waals surface area contributed by atoms with Crippen LogP contribution in [-0.4, -0.2) is 30.7 Å². The van der Waals surface area contributed by atoms with Crippen molar-refractivity contribution in [2.75, 3.05) is 26.2 Å². The van der Waals surface area contributed by atoms with E-state index in [0.29, 0.717) is 0 Å². The second-order valence-electron chi connectivity index (χ2n) is 6.59. The summed E-state index contributed by atoms with van der Waals surface area (Å²) in [5.74, 6) is 6.95. The highest BCUT2D eigenvalue weighted by atomic mass is 15.3. The zero-order valence-corrected chi connectivity index (χ0v) is 14.1. The van der Waals surface area contributed by atoms with Gasteiger partial charge in [0.05, 0.1) is 19.6 Å². The molecule has 1 heterocycles. The Labute approximate surface area is 140 Å². The lowest BCUT2D eigenvalue weighted by molar-refractivity contribution is -0.920. The van der Waals surface area contributed by atoms with Gasteiger partial charge in [-0.25, -0.2) is 0 Å². The van der Waals surface area contributed by atoms with Gasteiger partial charge >= 0.3 is 0 Å². The van der Waals surface area contributed by atoms with Gasteiger partial charge in [-0.15, -0.1) is 0 Å². The van der Waals surface area contributed by atoms with Gasteiger partial charge in [0, 0.05) is 5.56 Å². The van der Waals surface area contributed by atoms with E-state index < -0.39 is 0 Å². The maximum atomic E-state index is 3.50. The van der Waals surface area contributed by atoms with Crippen molar-refractivity contribution in [1.82, 2.24) is 0 Å². The fourth-order valence-corrected chi connectivity index (χ4v) is 3.55. The van der Waals surface area contributed by atoms with Gasteiger partial charge in [0.1, 0.15) is 6.54 Å². The first-order valence-corrected chi connectivity index (χ1v) is 8.76. The molecule has 1 aliphatic rings. The number of fused-ring (bicyclic) bond motifs is 1. The molecule has 0 spiro atoms. The number of benzene rings is 2. The molecule has 2 aromatic carbocycles. The molecule has 0 bridgehead atoms. The van der Waals surface area contributed by atoms with Crippen LogP contribution in [0.15, 0.2) is 54.6 Å². The van der Waals surface area contributed by atoms with E-state index in [1.807, 2.05) is 0 Å². The molecule has 1 heteroatoms. The maximum Gasteiger partial charge on any atom is 0.141 e. The highest BCUT2D eigenvalue weighted by Gasteiger charge is 2.27. The first-order valence-electron chi connectivity index (χ1n) is 8.76. The standard InChI is InChI=1S/C22H26N/c1-2-3-16-23(17-7-4-8-18-23)19-10-14-21-13-9-12-20-11-5-6-15-22(20)21/h2-3,5-6,9,11-13,15H,4,7-8,16-19H2,1H3/q+1/b3-2+. The van der Waals surface area contributed by atoms with Gasteiger partial charge in [0.25, 0.3) is 0 Å². The van der Waals surface area contributed by atoms with Crippen LogP contribution in [0.1, 0.15) is 31.7 Å². The normalized spacial score (nSPS) is 17.1. The number of hydrogen-bond acceptors (Lipinski definition) is 0. The molecule has 0 amide bonds. The van der Waals surface area contributed by atoms with E-state index in [1.54, 1.807) is 0 Å². The molecule has 2 aromatic rings. The molecule has 23 heavy (non-hydrogen) atoms. The molecule has 118 valence electrons. The average Bonchev–Trinajstić information content (AvgIpc) is 2.61. The van der Waals surface area contributed by atoms with Gasteiger partial charge in [-0.3, -0.25) is 0 Å². The Kier molecular flexibility index (Phi) is 5.16. The van der Waals surface area contributed by atoms with E-state index in [2.05, 4.69) is 73.4 Å². The van der Waals surface area contributed by atoms with Crippen molar-refractivity contribution < 1.29 is 4.48 Å². The van der Waals surface area contributed by atoms with Gasteiger partial charge in [0.15, 0.2) is 0 Å². The van der Waals surface area contributed by atoms with Crippen molar-refractivity contribution in [2.24, 2.45) is 0 Å². The van der Waals surface area contributed by atoms with E-state index in [-0.39, 0.29) is 0 Å². The largest absolute Gasteiger partial charge is 0.310 e. The van der Waals surface area contributed by atoms with Crippen molar-refractivity contribution in [3.05, 3.63) is 60.2 Å². The molecule has 0 saturated carbocycles. The smallest absolute Gasteiger partial charge is 0.141 e. The quantitative estimate of drug-likeness (QED) is 0.435. The van der Waals surface area contributed by atoms with E-state index in [9.17, 15) is 0 Å². The average molecular weight is 304 g/mol. The van der Waals surface area contributed by atoms with Gasteiger partial charge < -0.3 is 4.48 Å². The Bertz CT molecular complexity index is 734. The van der Waals surface area contributed by atoms with Crippen LogP contribution in [0.5, 0.6) is 0 Å². The molecular weight excluding hydrogens is 278 g/mol. The Balaban J connectivity index is 1.82. The molecule has 0 N–H and O–H groups in total. The second kappa shape index (κ2) is 7.49. The molecule has 1 saturated heterocycles. The Morgan fingerprint density at radius 2 is 1.78 bits per heavy atom. The fraction of sp³-hybridized carbons (Fsp3) is 0.364. The number of quaternary nitrogens is 1. The van der Waals surface area contributed by atoms with Crippen molar-refractivity contribution in [1.29, 1.82) is 0 Å². The SMILES string of the molecule is C/C=C/C[N+]1(CC#Cc2cccc3ccccc23)CCCCC1. The van der Waals surface area contributed by atoms with Crippen molar-refractivity contribution >= 4 is 10.8 Å². The van der Waals surface area contributed by atoms with E-state index in [1.165, 1.54) is 43.1 Å². The Hall–Kier alpha value is -2.04. The number of nitrogens with zero attached hydrogens (tertiary/aromatic N) is 1. The van der Waals surface area contributed by atoms with Crippen LogP contribution in [0, 0.1) is 11.8 Å². The predicted molar refractivity (Wildman–Crippen MR) is 99.2 cm³/mol. The highest BCUT2D eigenvalue weighted by Crippen LogP contribution is 2.20. The summed E-state index contributed by atoms with van der Waals surface area (Å²) in [7, 11) is 0. The zero-order chi connectivity index (χ0) is 16.0. The van der Waals surface area contributed by atoms with Gasteiger partial charge in [0.2, 0.25) is 0 Å². The summed E-state index contributed by atoms with van der Waals surface area (Å²) >= 11 is 0. The Morgan fingerprint density at radius 1 is 1.00 bits per heavy atom. The van der Waals surface area contributed by atoms with Crippen LogP contribution in [0.3, 0.4) is 0 Å². The third-order valence-corrected chi connectivity index (χ3v) is 4.92. The summed E-state index contributed by atoms with van der Waals surface area (Å²) in [6.45, 7) is 6.75. The van der Waals surface area contributed by atoms with Crippen LogP contribution < -0.4 is 0 Å². The lowest BCUT2D eigenvalue weighted by Gasteiger charge is -2.39. The highest BCUT2D eigenvalue weighted by molar-refractivity contribution is 5.88. The first kappa shape index (κ1) is 15.8. The van der Waals surface area contributed by atoms with Crippen molar-refractivity contribution in [2.45, 2.75) is 26.2 Å². The van der Waals surface area contributed by atoms with Crippen molar-refractivity contribution in [3.8, 4) is 11.8 Å². The summed E-state index contributed by atoms with van der Waals surface area (Å²) in [5.41, 5.74) is 1.16.